The minimum atomic E-state index is -3.36. The summed E-state index contributed by atoms with van der Waals surface area (Å²) in [5.74, 6) is 0. The Kier molecular flexibility index (Phi) is 3.99. The van der Waals surface area contributed by atoms with Gasteiger partial charge in [-0.1, -0.05) is 48.6 Å². The lowest BCUT2D eigenvalue weighted by molar-refractivity contribution is 0.561. The average Bonchev–Trinajstić information content (AvgIpc) is 2.28. The van der Waals surface area contributed by atoms with Gasteiger partial charge in [0.1, 0.15) is 9.69 Å². The zero-order valence-corrected chi connectivity index (χ0v) is 12.7. The van der Waals surface area contributed by atoms with Crippen molar-refractivity contribution in [1.29, 1.82) is 0 Å². The van der Waals surface area contributed by atoms with E-state index in [2.05, 4.69) is 5.32 Å². The number of thioether (sulfide) groups is 1. The van der Waals surface area contributed by atoms with Gasteiger partial charge in [-0.3, -0.25) is 0 Å². The number of hydrogen-bond acceptors (Lipinski definition) is 4. The molecule has 0 radical (unpaired) electrons. The number of aryl methyl sites for hydroxylation is 1. The Bertz CT molecular complexity index is 551. The predicted molar refractivity (Wildman–Crippen MR) is 79.6 cm³/mol. The van der Waals surface area contributed by atoms with Crippen LogP contribution >= 0.6 is 24.0 Å². The molecule has 1 aliphatic rings. The topological polar surface area (TPSA) is 46.2 Å². The van der Waals surface area contributed by atoms with Crippen LogP contribution in [0.5, 0.6) is 0 Å². The van der Waals surface area contributed by atoms with Crippen LogP contribution in [0.2, 0.25) is 0 Å². The monoisotopic (exact) mass is 301 g/mol. The Morgan fingerprint density at radius 1 is 1.33 bits per heavy atom. The fourth-order valence-electron chi connectivity index (χ4n) is 1.85. The smallest absolute Gasteiger partial charge is 0.199 e. The summed E-state index contributed by atoms with van der Waals surface area (Å²) in [4.78, 5) is 0.354. The lowest BCUT2D eigenvalue weighted by Crippen LogP contribution is -2.44. The van der Waals surface area contributed by atoms with Crippen molar-refractivity contribution in [2.75, 3.05) is 0 Å². The summed E-state index contributed by atoms with van der Waals surface area (Å²) in [6, 6.07) is 6.93. The van der Waals surface area contributed by atoms with Crippen LogP contribution in [0, 0.1) is 6.92 Å². The van der Waals surface area contributed by atoms with Crippen LogP contribution < -0.4 is 5.32 Å². The maximum Gasteiger partial charge on any atom is 0.199 e. The van der Waals surface area contributed by atoms with E-state index in [1.807, 2.05) is 26.0 Å². The Morgan fingerprint density at radius 2 is 1.94 bits per heavy atom. The van der Waals surface area contributed by atoms with Crippen molar-refractivity contribution in [3.05, 3.63) is 29.8 Å². The van der Waals surface area contributed by atoms with Gasteiger partial charge in [-0.2, -0.15) is 0 Å². The maximum absolute atomic E-state index is 12.5. The SMILES string of the molecule is Cc1ccc(S(=O)(=O)[C@H]2C[C@@H](C)SC(=S)N2)cc1. The molecule has 1 heterocycles. The molecule has 1 saturated heterocycles. The van der Waals surface area contributed by atoms with Crippen LogP contribution in [0.4, 0.5) is 0 Å². The first-order valence-corrected chi connectivity index (χ1v) is 8.51. The standard InChI is InChI=1S/C12H15NO2S3/c1-8-3-5-10(6-4-8)18(14,15)11-7-9(2)17-12(16)13-11/h3-6,9,11H,7H2,1-2H3,(H,13,16)/t9-,11+/m1/s1. The van der Waals surface area contributed by atoms with Gasteiger partial charge in [0.2, 0.25) is 0 Å². The second-order valence-electron chi connectivity index (χ2n) is 4.44. The van der Waals surface area contributed by atoms with Gasteiger partial charge >= 0.3 is 0 Å². The highest BCUT2D eigenvalue weighted by atomic mass is 32.2. The molecule has 0 aromatic heterocycles. The number of benzene rings is 1. The molecule has 3 nitrogen and oxygen atoms in total. The zero-order chi connectivity index (χ0) is 13.3. The number of thiocarbonyl (C=S) groups is 1. The normalized spacial score (nSPS) is 24.7. The highest BCUT2D eigenvalue weighted by Gasteiger charge is 2.33. The van der Waals surface area contributed by atoms with Gasteiger partial charge in [0.15, 0.2) is 9.84 Å². The Morgan fingerprint density at radius 3 is 2.50 bits per heavy atom. The van der Waals surface area contributed by atoms with Gasteiger partial charge in [0.05, 0.1) is 4.90 Å². The van der Waals surface area contributed by atoms with Gasteiger partial charge < -0.3 is 5.32 Å². The van der Waals surface area contributed by atoms with E-state index in [0.717, 1.165) is 5.56 Å². The fourth-order valence-corrected chi connectivity index (χ4v) is 5.28. The summed E-state index contributed by atoms with van der Waals surface area (Å²) in [6.45, 7) is 3.93. The van der Waals surface area contributed by atoms with Crippen LogP contribution in [0.15, 0.2) is 29.2 Å². The summed E-state index contributed by atoms with van der Waals surface area (Å²) in [6.07, 6.45) is 0.570. The Hall–Kier alpha value is -0.590. The summed E-state index contributed by atoms with van der Waals surface area (Å²) in [7, 11) is -3.36. The molecule has 0 spiro atoms. The highest BCUT2D eigenvalue weighted by Crippen LogP contribution is 2.28. The largest absolute Gasteiger partial charge is 0.354 e. The van der Waals surface area contributed by atoms with Gasteiger partial charge in [-0.15, -0.1) is 0 Å². The maximum atomic E-state index is 12.5. The molecule has 0 saturated carbocycles. The van der Waals surface area contributed by atoms with Crippen molar-refractivity contribution < 1.29 is 8.42 Å². The number of nitrogens with one attached hydrogen (secondary N) is 1. The molecule has 2 rings (SSSR count). The van der Waals surface area contributed by atoms with Crippen LogP contribution in [-0.2, 0) is 9.84 Å². The van der Waals surface area contributed by atoms with E-state index in [1.54, 1.807) is 12.1 Å². The summed E-state index contributed by atoms with van der Waals surface area (Å²) in [5.41, 5.74) is 1.05. The molecule has 0 unspecified atom stereocenters. The van der Waals surface area contributed by atoms with Crippen LogP contribution in [0.3, 0.4) is 0 Å². The van der Waals surface area contributed by atoms with Gasteiger partial charge in [-0.25, -0.2) is 8.42 Å². The molecule has 2 atom stereocenters. The molecule has 6 heteroatoms. The Labute approximate surface area is 117 Å². The molecule has 0 bridgehead atoms. The Balaban J connectivity index is 2.30. The molecule has 1 fully saturated rings. The zero-order valence-electron chi connectivity index (χ0n) is 10.2. The molecular weight excluding hydrogens is 286 g/mol. The van der Waals surface area contributed by atoms with Crippen molar-refractivity contribution >= 4 is 38.1 Å². The highest BCUT2D eigenvalue weighted by molar-refractivity contribution is 8.23. The van der Waals surface area contributed by atoms with Gasteiger partial charge in [0.25, 0.3) is 0 Å². The predicted octanol–water partition coefficient (Wildman–Crippen LogP) is 2.49. The number of hydrogen-bond donors (Lipinski definition) is 1. The third-order valence-electron chi connectivity index (χ3n) is 2.86. The van der Waals surface area contributed by atoms with E-state index in [0.29, 0.717) is 15.6 Å². The fraction of sp³-hybridized carbons (Fsp3) is 0.417. The van der Waals surface area contributed by atoms with Crippen molar-refractivity contribution in [2.45, 2.75) is 35.8 Å². The minimum Gasteiger partial charge on any atom is -0.354 e. The van der Waals surface area contributed by atoms with E-state index < -0.39 is 15.2 Å². The molecule has 98 valence electrons. The first-order valence-electron chi connectivity index (χ1n) is 5.67. The first kappa shape index (κ1) is 13.8. The molecule has 1 aromatic rings. The molecule has 18 heavy (non-hydrogen) atoms. The molecular formula is C12H15NO2S3. The van der Waals surface area contributed by atoms with E-state index in [1.165, 1.54) is 11.8 Å². The van der Waals surface area contributed by atoms with Gasteiger partial charge in [0, 0.05) is 5.25 Å². The second-order valence-corrected chi connectivity index (χ2v) is 8.69. The van der Waals surface area contributed by atoms with E-state index in [-0.39, 0.29) is 5.25 Å². The molecule has 1 aromatic carbocycles. The third kappa shape index (κ3) is 2.87. The van der Waals surface area contributed by atoms with E-state index in [4.69, 9.17) is 12.2 Å². The van der Waals surface area contributed by atoms with Crippen LogP contribution in [-0.4, -0.2) is 23.4 Å². The summed E-state index contributed by atoms with van der Waals surface area (Å²) >= 11 is 6.60. The average molecular weight is 301 g/mol. The summed E-state index contributed by atoms with van der Waals surface area (Å²) < 4.78 is 25.5. The third-order valence-corrected chi connectivity index (χ3v) is 6.18. The lowest BCUT2D eigenvalue weighted by Gasteiger charge is -2.28. The van der Waals surface area contributed by atoms with Crippen LogP contribution in [0.25, 0.3) is 0 Å². The van der Waals surface area contributed by atoms with Crippen molar-refractivity contribution in [3.8, 4) is 0 Å². The van der Waals surface area contributed by atoms with Crippen molar-refractivity contribution in [1.82, 2.24) is 5.32 Å². The number of rotatable bonds is 2. The van der Waals surface area contributed by atoms with Crippen molar-refractivity contribution in [2.24, 2.45) is 0 Å². The van der Waals surface area contributed by atoms with Gasteiger partial charge in [-0.05, 0) is 25.5 Å². The molecule has 0 aliphatic carbocycles. The van der Waals surface area contributed by atoms with E-state index in [9.17, 15) is 8.42 Å². The molecule has 0 amide bonds. The molecule has 1 N–H and O–H groups in total. The lowest BCUT2D eigenvalue weighted by atomic mass is 10.2. The minimum absolute atomic E-state index is 0.226. The second kappa shape index (κ2) is 5.19. The summed E-state index contributed by atoms with van der Waals surface area (Å²) in [5, 5.41) is 2.53. The van der Waals surface area contributed by atoms with E-state index >= 15 is 0 Å². The molecule has 1 aliphatic heterocycles. The van der Waals surface area contributed by atoms with Crippen LogP contribution in [0.1, 0.15) is 18.9 Å². The first-order chi connectivity index (χ1) is 8.39. The van der Waals surface area contributed by atoms with Crippen molar-refractivity contribution in [3.63, 3.8) is 0 Å². The quantitative estimate of drug-likeness (QED) is 0.850. The number of sulfone groups is 1.